The fourth-order valence-corrected chi connectivity index (χ4v) is 5.03. The molecule has 2 heterocycles. The molecule has 0 atom stereocenters. The minimum atomic E-state index is -0.647. The number of para-hydroxylation sites is 1. The predicted octanol–water partition coefficient (Wildman–Crippen LogP) is 4.37. The molecule has 3 aromatic rings. The van der Waals surface area contributed by atoms with Crippen LogP contribution in [0.1, 0.15) is 28.8 Å². The number of carbonyl (C=O) groups excluding carboxylic acids is 2. The number of nitrogens with two attached hydrogens (primary N) is 1. The summed E-state index contributed by atoms with van der Waals surface area (Å²) in [6.45, 7) is 0.981. The molecule has 6 heteroatoms. The van der Waals surface area contributed by atoms with E-state index >= 15 is 0 Å². The number of hydrogen-bond donors (Lipinski definition) is 1. The highest BCUT2D eigenvalue weighted by Gasteiger charge is 2.41. The highest BCUT2D eigenvalue weighted by Crippen LogP contribution is 2.37. The van der Waals surface area contributed by atoms with Crippen LogP contribution >= 0.6 is 11.3 Å². The molecule has 2 aromatic carbocycles. The van der Waals surface area contributed by atoms with Gasteiger partial charge in [-0.15, -0.1) is 11.3 Å². The molecule has 0 unspecified atom stereocenters. The first-order chi connectivity index (χ1) is 15.0. The molecule has 0 saturated carbocycles. The van der Waals surface area contributed by atoms with Crippen LogP contribution in [-0.2, 0) is 11.2 Å². The van der Waals surface area contributed by atoms with Crippen molar-refractivity contribution in [1.29, 1.82) is 0 Å². The first-order valence-electron chi connectivity index (χ1n) is 10.4. The van der Waals surface area contributed by atoms with Crippen LogP contribution in [0.3, 0.4) is 0 Å². The van der Waals surface area contributed by atoms with E-state index in [9.17, 15) is 9.59 Å². The summed E-state index contributed by atoms with van der Waals surface area (Å²) in [4.78, 5) is 28.6. The minimum Gasteiger partial charge on any atom is -0.496 e. The van der Waals surface area contributed by atoms with E-state index in [0.717, 1.165) is 11.1 Å². The highest BCUT2D eigenvalue weighted by atomic mass is 32.1. The summed E-state index contributed by atoms with van der Waals surface area (Å²) in [6, 6.07) is 19.7. The van der Waals surface area contributed by atoms with E-state index in [-0.39, 0.29) is 11.8 Å². The third-order valence-electron chi connectivity index (χ3n) is 6.14. The molecule has 1 aromatic heterocycles. The highest BCUT2D eigenvalue weighted by molar-refractivity contribution is 7.13. The third-order valence-corrected chi connectivity index (χ3v) is 7.06. The van der Waals surface area contributed by atoms with Crippen LogP contribution in [0.15, 0.2) is 66.0 Å². The fourth-order valence-electron chi connectivity index (χ4n) is 4.31. The Balaban J connectivity index is 1.50. The van der Waals surface area contributed by atoms with Crippen LogP contribution in [0.25, 0.3) is 10.4 Å². The maximum absolute atomic E-state index is 13.0. The second-order valence-corrected chi connectivity index (χ2v) is 8.94. The number of primary amides is 1. The Morgan fingerprint density at radius 1 is 1.06 bits per heavy atom. The maximum Gasteiger partial charge on any atom is 0.257 e. The van der Waals surface area contributed by atoms with Gasteiger partial charge in [-0.25, -0.2) is 0 Å². The van der Waals surface area contributed by atoms with Crippen LogP contribution < -0.4 is 10.5 Å². The summed E-state index contributed by atoms with van der Waals surface area (Å²) < 4.78 is 5.34. The Labute approximate surface area is 186 Å². The summed E-state index contributed by atoms with van der Waals surface area (Å²) in [5, 5.41) is 2.06. The largest absolute Gasteiger partial charge is 0.496 e. The number of methoxy groups -OCH3 is 1. The van der Waals surface area contributed by atoms with Crippen molar-refractivity contribution in [2.45, 2.75) is 19.3 Å². The zero-order chi connectivity index (χ0) is 21.8. The zero-order valence-corrected chi connectivity index (χ0v) is 18.4. The Bertz CT molecular complexity index is 1070. The Hall–Kier alpha value is -3.12. The molecular weight excluding hydrogens is 408 g/mol. The van der Waals surface area contributed by atoms with Gasteiger partial charge < -0.3 is 15.4 Å². The number of ether oxygens (including phenoxy) is 1. The van der Waals surface area contributed by atoms with Gasteiger partial charge >= 0.3 is 0 Å². The predicted molar refractivity (Wildman–Crippen MR) is 123 cm³/mol. The van der Waals surface area contributed by atoms with Gasteiger partial charge in [0.1, 0.15) is 5.75 Å². The number of hydrogen-bond acceptors (Lipinski definition) is 4. The van der Waals surface area contributed by atoms with Gasteiger partial charge in [-0.05, 0) is 54.0 Å². The van der Waals surface area contributed by atoms with Gasteiger partial charge in [-0.2, -0.15) is 0 Å². The monoisotopic (exact) mass is 434 g/mol. The molecule has 5 nitrogen and oxygen atoms in total. The van der Waals surface area contributed by atoms with Gasteiger partial charge in [0.15, 0.2) is 0 Å². The maximum atomic E-state index is 13.0. The van der Waals surface area contributed by atoms with Crippen molar-refractivity contribution in [3.05, 3.63) is 77.2 Å². The number of nitrogens with zero attached hydrogens (tertiary/aromatic N) is 1. The average molecular weight is 435 g/mol. The molecule has 1 fully saturated rings. The van der Waals surface area contributed by atoms with Gasteiger partial charge in [0.05, 0.1) is 18.1 Å². The van der Waals surface area contributed by atoms with Crippen LogP contribution in [-0.4, -0.2) is 36.9 Å². The van der Waals surface area contributed by atoms with Crippen molar-refractivity contribution >= 4 is 23.2 Å². The van der Waals surface area contributed by atoms with Crippen molar-refractivity contribution in [2.24, 2.45) is 11.1 Å². The zero-order valence-electron chi connectivity index (χ0n) is 17.5. The van der Waals surface area contributed by atoms with E-state index in [4.69, 9.17) is 10.5 Å². The molecule has 160 valence electrons. The van der Waals surface area contributed by atoms with E-state index in [1.807, 2.05) is 30.3 Å². The first kappa shape index (κ1) is 21.1. The molecular formula is C25H26N2O3S. The average Bonchev–Trinajstić information content (AvgIpc) is 3.34. The van der Waals surface area contributed by atoms with E-state index in [1.165, 1.54) is 4.88 Å². The number of rotatable bonds is 6. The summed E-state index contributed by atoms with van der Waals surface area (Å²) in [5.74, 6) is 0.193. The van der Waals surface area contributed by atoms with Crippen molar-refractivity contribution in [1.82, 2.24) is 4.90 Å². The molecule has 1 aliphatic rings. The summed E-state index contributed by atoms with van der Waals surface area (Å²) in [5.41, 5.74) is 8.04. The number of benzene rings is 2. The van der Waals surface area contributed by atoms with Crippen molar-refractivity contribution < 1.29 is 14.3 Å². The van der Waals surface area contributed by atoms with E-state index in [0.29, 0.717) is 43.7 Å². The Morgan fingerprint density at radius 3 is 2.52 bits per heavy atom. The van der Waals surface area contributed by atoms with Crippen LogP contribution in [0, 0.1) is 5.41 Å². The molecule has 4 rings (SSSR count). The van der Waals surface area contributed by atoms with Gasteiger partial charge in [-0.3, -0.25) is 9.59 Å². The second kappa shape index (κ2) is 8.94. The van der Waals surface area contributed by atoms with Crippen molar-refractivity contribution in [3.63, 3.8) is 0 Å². The Kier molecular flexibility index (Phi) is 6.09. The van der Waals surface area contributed by atoms with Gasteiger partial charge in [0, 0.05) is 18.0 Å². The third kappa shape index (κ3) is 4.35. The molecule has 31 heavy (non-hydrogen) atoms. The van der Waals surface area contributed by atoms with Crippen molar-refractivity contribution in [3.8, 4) is 16.2 Å². The van der Waals surface area contributed by atoms with Gasteiger partial charge in [-0.1, -0.05) is 42.5 Å². The first-order valence-corrected chi connectivity index (χ1v) is 11.3. The SMILES string of the molecule is COc1ccccc1C(=O)N1CCC(Cc2cccc(-c3cccs3)c2)(C(N)=O)CC1. The summed E-state index contributed by atoms with van der Waals surface area (Å²) in [6.07, 6.45) is 1.68. The fraction of sp³-hybridized carbons (Fsp3) is 0.280. The lowest BCUT2D eigenvalue weighted by atomic mass is 9.73. The van der Waals surface area contributed by atoms with Gasteiger partial charge in [0.25, 0.3) is 5.91 Å². The number of amides is 2. The van der Waals surface area contributed by atoms with Crippen LogP contribution in [0.2, 0.25) is 0 Å². The normalized spacial score (nSPS) is 15.5. The number of likely N-dealkylation sites (tertiary alicyclic amines) is 1. The van der Waals surface area contributed by atoms with E-state index < -0.39 is 5.41 Å². The second-order valence-electron chi connectivity index (χ2n) is 7.99. The topological polar surface area (TPSA) is 72.6 Å². The Morgan fingerprint density at radius 2 is 1.84 bits per heavy atom. The minimum absolute atomic E-state index is 0.0739. The van der Waals surface area contributed by atoms with Crippen LogP contribution in [0.4, 0.5) is 0 Å². The molecule has 0 bridgehead atoms. The molecule has 2 amide bonds. The number of thiophene rings is 1. The number of piperidine rings is 1. The standard InChI is InChI=1S/C25H26N2O3S/c1-30-21-9-3-2-8-20(21)23(28)27-13-11-25(12-14-27,24(26)29)17-18-6-4-7-19(16-18)22-10-5-15-31-22/h2-10,15-16H,11-14,17H2,1H3,(H2,26,29). The molecule has 2 N–H and O–H groups in total. The molecule has 1 saturated heterocycles. The van der Waals surface area contributed by atoms with Crippen LogP contribution in [0.5, 0.6) is 5.75 Å². The van der Waals surface area contributed by atoms with E-state index in [1.54, 1.807) is 35.5 Å². The molecule has 0 radical (unpaired) electrons. The van der Waals surface area contributed by atoms with Crippen molar-refractivity contribution in [2.75, 3.05) is 20.2 Å². The lowest BCUT2D eigenvalue weighted by Crippen LogP contribution is -2.49. The number of carbonyl (C=O) groups is 2. The summed E-state index contributed by atoms with van der Waals surface area (Å²) in [7, 11) is 1.56. The smallest absolute Gasteiger partial charge is 0.257 e. The lowest BCUT2D eigenvalue weighted by molar-refractivity contribution is -0.130. The quantitative estimate of drug-likeness (QED) is 0.626. The lowest BCUT2D eigenvalue weighted by Gasteiger charge is -2.40. The molecule has 0 spiro atoms. The van der Waals surface area contributed by atoms with Gasteiger partial charge in [0.2, 0.25) is 5.91 Å². The summed E-state index contributed by atoms with van der Waals surface area (Å²) >= 11 is 1.69. The molecule has 1 aliphatic heterocycles. The van der Waals surface area contributed by atoms with E-state index in [2.05, 4.69) is 23.6 Å². The molecule has 0 aliphatic carbocycles.